The maximum Gasteiger partial charge on any atom is 0.134 e. The van der Waals surface area contributed by atoms with Crippen LogP contribution >= 0.6 is 15.9 Å². The second-order valence-electron chi connectivity index (χ2n) is 3.71. The van der Waals surface area contributed by atoms with Crippen LogP contribution in [0.25, 0.3) is 0 Å². The predicted molar refractivity (Wildman–Crippen MR) is 62.4 cm³/mol. The van der Waals surface area contributed by atoms with Crippen molar-refractivity contribution in [3.8, 4) is 5.75 Å². The average molecular weight is 276 g/mol. The molecule has 0 bridgehead atoms. The quantitative estimate of drug-likeness (QED) is 0.917. The van der Waals surface area contributed by atoms with E-state index in [1.165, 1.54) is 12.1 Å². The lowest BCUT2D eigenvalue weighted by Gasteiger charge is -2.21. The highest BCUT2D eigenvalue weighted by Crippen LogP contribution is 2.27. The molecule has 0 aliphatic rings. The summed E-state index contributed by atoms with van der Waals surface area (Å²) in [6.45, 7) is 4.52. The van der Waals surface area contributed by atoms with Gasteiger partial charge in [0.15, 0.2) is 0 Å². The molecular formula is C11H15BrFNO. The number of hydrogen-bond acceptors (Lipinski definition) is 2. The van der Waals surface area contributed by atoms with E-state index in [0.29, 0.717) is 22.7 Å². The van der Waals surface area contributed by atoms with Crippen molar-refractivity contribution in [1.82, 2.24) is 0 Å². The summed E-state index contributed by atoms with van der Waals surface area (Å²) in [5.74, 6) is 0.663. The summed E-state index contributed by atoms with van der Waals surface area (Å²) in [4.78, 5) is 0. The van der Waals surface area contributed by atoms with Gasteiger partial charge in [0.25, 0.3) is 0 Å². The molecule has 2 nitrogen and oxygen atoms in total. The van der Waals surface area contributed by atoms with Gasteiger partial charge >= 0.3 is 0 Å². The second kappa shape index (κ2) is 5.47. The van der Waals surface area contributed by atoms with Gasteiger partial charge in [-0.1, -0.05) is 13.8 Å². The standard InChI is InChI=1S/C11H15BrFNO/c1-7(2)11(6-14)15-10-4-3-8(13)5-9(10)12/h3-5,7,11H,6,14H2,1-2H3. The monoisotopic (exact) mass is 275 g/mol. The molecule has 0 aliphatic heterocycles. The molecule has 1 rings (SSSR count). The van der Waals surface area contributed by atoms with E-state index < -0.39 is 0 Å². The lowest BCUT2D eigenvalue weighted by molar-refractivity contribution is 0.158. The van der Waals surface area contributed by atoms with Crippen LogP contribution in [-0.2, 0) is 0 Å². The zero-order chi connectivity index (χ0) is 11.4. The number of nitrogens with two attached hydrogens (primary N) is 1. The molecule has 2 N–H and O–H groups in total. The lowest BCUT2D eigenvalue weighted by atomic mass is 10.1. The predicted octanol–water partition coefficient (Wildman–Crippen LogP) is 2.95. The van der Waals surface area contributed by atoms with Gasteiger partial charge in [0.2, 0.25) is 0 Å². The number of halogens is 2. The maximum absolute atomic E-state index is 12.8. The van der Waals surface area contributed by atoms with E-state index in [4.69, 9.17) is 10.5 Å². The summed E-state index contributed by atoms with van der Waals surface area (Å²) < 4.78 is 19.1. The fraction of sp³-hybridized carbons (Fsp3) is 0.455. The van der Waals surface area contributed by atoms with Crippen LogP contribution in [0, 0.1) is 11.7 Å². The first-order valence-electron chi connectivity index (χ1n) is 4.86. The van der Waals surface area contributed by atoms with Gasteiger partial charge in [-0.2, -0.15) is 0 Å². The smallest absolute Gasteiger partial charge is 0.134 e. The zero-order valence-corrected chi connectivity index (χ0v) is 10.4. The Hall–Kier alpha value is -0.610. The Morgan fingerprint density at radius 1 is 1.47 bits per heavy atom. The molecule has 0 spiro atoms. The Balaban J connectivity index is 2.79. The second-order valence-corrected chi connectivity index (χ2v) is 4.57. The molecule has 0 heterocycles. The summed E-state index contributed by atoms with van der Waals surface area (Å²) in [7, 11) is 0. The topological polar surface area (TPSA) is 35.2 Å². The molecule has 0 saturated heterocycles. The Bertz CT molecular complexity index is 330. The molecule has 15 heavy (non-hydrogen) atoms. The highest BCUT2D eigenvalue weighted by molar-refractivity contribution is 9.10. The van der Waals surface area contributed by atoms with Crippen molar-refractivity contribution in [1.29, 1.82) is 0 Å². The van der Waals surface area contributed by atoms with Gasteiger partial charge in [0, 0.05) is 6.54 Å². The number of rotatable bonds is 4. The van der Waals surface area contributed by atoms with Crippen LogP contribution in [0.2, 0.25) is 0 Å². The van der Waals surface area contributed by atoms with E-state index in [0.717, 1.165) is 0 Å². The van der Waals surface area contributed by atoms with Crippen LogP contribution in [0.4, 0.5) is 4.39 Å². The Morgan fingerprint density at radius 3 is 2.60 bits per heavy atom. The molecule has 0 saturated carbocycles. The Labute approximate surface area is 97.7 Å². The normalized spacial score (nSPS) is 12.9. The van der Waals surface area contributed by atoms with Gasteiger partial charge in [0.05, 0.1) is 4.47 Å². The molecule has 1 aromatic carbocycles. The molecule has 0 aromatic heterocycles. The van der Waals surface area contributed by atoms with Gasteiger partial charge in [-0.3, -0.25) is 0 Å². The van der Waals surface area contributed by atoms with E-state index in [9.17, 15) is 4.39 Å². The minimum absolute atomic E-state index is 0.0493. The number of hydrogen-bond donors (Lipinski definition) is 1. The fourth-order valence-electron chi connectivity index (χ4n) is 1.19. The van der Waals surface area contributed by atoms with Crippen LogP contribution in [0.5, 0.6) is 5.75 Å². The lowest BCUT2D eigenvalue weighted by Crippen LogP contribution is -2.31. The molecule has 0 fully saturated rings. The largest absolute Gasteiger partial charge is 0.488 e. The number of ether oxygens (including phenoxy) is 1. The van der Waals surface area contributed by atoms with Crippen LogP contribution in [0.3, 0.4) is 0 Å². The van der Waals surface area contributed by atoms with Crippen LogP contribution < -0.4 is 10.5 Å². The third-order valence-electron chi connectivity index (χ3n) is 2.15. The minimum Gasteiger partial charge on any atom is -0.488 e. The minimum atomic E-state index is -0.289. The molecule has 84 valence electrons. The summed E-state index contributed by atoms with van der Waals surface area (Å²) in [6, 6.07) is 4.35. The van der Waals surface area contributed by atoms with Gasteiger partial charge < -0.3 is 10.5 Å². The number of benzene rings is 1. The van der Waals surface area contributed by atoms with Gasteiger partial charge in [-0.05, 0) is 40.0 Å². The molecule has 0 aliphatic carbocycles. The van der Waals surface area contributed by atoms with Crippen molar-refractivity contribution in [3.05, 3.63) is 28.5 Å². The summed E-state index contributed by atoms with van der Waals surface area (Å²) in [5, 5.41) is 0. The molecule has 1 unspecified atom stereocenters. The Kier molecular flexibility index (Phi) is 4.54. The highest BCUT2D eigenvalue weighted by Gasteiger charge is 2.14. The molecule has 1 aromatic rings. The summed E-state index contributed by atoms with van der Waals surface area (Å²) >= 11 is 3.25. The van der Waals surface area contributed by atoms with Crippen molar-refractivity contribution in [2.75, 3.05) is 6.54 Å². The molecule has 0 amide bonds. The van der Waals surface area contributed by atoms with Gasteiger partial charge in [-0.15, -0.1) is 0 Å². The van der Waals surface area contributed by atoms with Crippen LogP contribution in [-0.4, -0.2) is 12.6 Å². The first-order chi connectivity index (χ1) is 7.04. The SMILES string of the molecule is CC(C)C(CN)Oc1ccc(F)cc1Br. The highest BCUT2D eigenvalue weighted by atomic mass is 79.9. The molecule has 0 radical (unpaired) electrons. The molecular weight excluding hydrogens is 261 g/mol. The first-order valence-corrected chi connectivity index (χ1v) is 5.65. The molecule has 4 heteroatoms. The van der Waals surface area contributed by atoms with Crippen LogP contribution in [0.1, 0.15) is 13.8 Å². The van der Waals surface area contributed by atoms with Crippen molar-refractivity contribution >= 4 is 15.9 Å². The van der Waals surface area contributed by atoms with E-state index in [1.54, 1.807) is 6.07 Å². The third kappa shape index (κ3) is 3.47. The van der Waals surface area contributed by atoms with E-state index in [2.05, 4.69) is 15.9 Å². The van der Waals surface area contributed by atoms with Gasteiger partial charge in [0.1, 0.15) is 17.7 Å². The maximum atomic E-state index is 12.8. The van der Waals surface area contributed by atoms with Crippen molar-refractivity contribution < 1.29 is 9.13 Å². The zero-order valence-electron chi connectivity index (χ0n) is 8.84. The van der Waals surface area contributed by atoms with Crippen molar-refractivity contribution in [3.63, 3.8) is 0 Å². The van der Waals surface area contributed by atoms with Crippen molar-refractivity contribution in [2.24, 2.45) is 11.7 Å². The third-order valence-corrected chi connectivity index (χ3v) is 2.77. The first kappa shape index (κ1) is 12.5. The van der Waals surface area contributed by atoms with Crippen molar-refractivity contribution in [2.45, 2.75) is 20.0 Å². The van der Waals surface area contributed by atoms with E-state index in [-0.39, 0.29) is 11.9 Å². The van der Waals surface area contributed by atoms with Gasteiger partial charge in [-0.25, -0.2) is 4.39 Å². The molecule has 1 atom stereocenters. The van der Waals surface area contributed by atoms with Crippen LogP contribution in [0.15, 0.2) is 22.7 Å². The average Bonchev–Trinajstić information content (AvgIpc) is 2.16. The van der Waals surface area contributed by atoms with E-state index >= 15 is 0 Å². The summed E-state index contributed by atoms with van der Waals surface area (Å²) in [6.07, 6.45) is -0.0493. The van der Waals surface area contributed by atoms with E-state index in [1.807, 2.05) is 13.8 Å². The fourth-order valence-corrected chi connectivity index (χ4v) is 1.63. The Morgan fingerprint density at radius 2 is 2.13 bits per heavy atom. The summed E-state index contributed by atoms with van der Waals surface area (Å²) in [5.41, 5.74) is 5.59.